The maximum Gasteiger partial charge on any atom is 0.209 e. The summed E-state index contributed by atoms with van der Waals surface area (Å²) in [5, 5.41) is 0.759. The summed E-state index contributed by atoms with van der Waals surface area (Å²) in [6, 6.07) is 47.1. The maximum atomic E-state index is 14.8. The van der Waals surface area contributed by atoms with E-state index in [9.17, 15) is 8.42 Å². The smallest absolute Gasteiger partial charge is 0.209 e. The van der Waals surface area contributed by atoms with Crippen molar-refractivity contribution in [2.75, 3.05) is 9.80 Å². The Hall–Kier alpha value is -5.17. The van der Waals surface area contributed by atoms with Crippen LogP contribution in [0, 0.1) is 0 Å². The number of rotatable bonds is 6. The molecule has 6 aromatic carbocycles. The quantitative estimate of drug-likeness (QED) is 0.167. The summed E-state index contributed by atoms with van der Waals surface area (Å²) in [4.78, 5) is 6.01. The van der Waals surface area contributed by atoms with Gasteiger partial charge in [-0.2, -0.15) is 0 Å². The first-order valence-electron chi connectivity index (χ1n) is 21.0. The second kappa shape index (κ2) is 14.5. The van der Waals surface area contributed by atoms with E-state index in [1.54, 1.807) is 11.3 Å². The first-order valence-corrected chi connectivity index (χ1v) is 23.3. The SMILES string of the molecule is CC(C)(C)c1ccc(N(c2ccc(C(C)(C)C)cc2)c2ccc3c(c2)S(=O)(=O)c2c-3sc3cc(N(c4ccc(C(C)(C)C)cc4)c4ccc(C(C)(C)C)cc4)ccc23)cc1. The van der Waals surface area contributed by atoms with Crippen molar-refractivity contribution in [3.63, 3.8) is 0 Å². The van der Waals surface area contributed by atoms with Crippen LogP contribution in [0.1, 0.15) is 105 Å². The van der Waals surface area contributed by atoms with E-state index in [0.717, 1.165) is 54.7 Å². The Morgan fingerprint density at radius 3 is 1.07 bits per heavy atom. The van der Waals surface area contributed by atoms with Gasteiger partial charge in [-0.25, -0.2) is 8.42 Å². The molecule has 0 aliphatic carbocycles. The van der Waals surface area contributed by atoms with Crippen LogP contribution in [0.3, 0.4) is 0 Å². The van der Waals surface area contributed by atoms with Gasteiger partial charge >= 0.3 is 0 Å². The zero-order valence-corrected chi connectivity index (χ0v) is 38.9. The van der Waals surface area contributed by atoms with Gasteiger partial charge in [0, 0.05) is 49.8 Å². The number of thiophene rings is 1. The summed E-state index contributed by atoms with van der Waals surface area (Å²) in [6.07, 6.45) is 0. The highest BCUT2D eigenvalue weighted by Gasteiger charge is 2.38. The van der Waals surface area contributed by atoms with Crippen LogP contribution >= 0.6 is 11.3 Å². The Labute approximate surface area is 362 Å². The van der Waals surface area contributed by atoms with Crippen LogP contribution < -0.4 is 9.80 Å². The third-order valence-corrected chi connectivity index (χ3v) is 15.1. The predicted molar refractivity (Wildman–Crippen MR) is 257 cm³/mol. The van der Waals surface area contributed by atoms with Crippen molar-refractivity contribution in [3.8, 4) is 10.4 Å². The number of fused-ring (bicyclic) bond motifs is 5. The Bertz CT molecular complexity index is 2710. The lowest BCUT2D eigenvalue weighted by Gasteiger charge is -2.28. The van der Waals surface area contributed by atoms with Gasteiger partial charge in [0.1, 0.15) is 0 Å². The fourth-order valence-electron chi connectivity index (χ4n) is 8.15. The summed E-state index contributed by atoms with van der Waals surface area (Å²) in [5.41, 5.74) is 11.7. The van der Waals surface area contributed by atoms with Crippen molar-refractivity contribution in [3.05, 3.63) is 156 Å². The second-order valence-corrected chi connectivity index (χ2v) is 23.4. The van der Waals surface area contributed by atoms with Crippen LogP contribution in [0.25, 0.3) is 20.5 Å². The highest BCUT2D eigenvalue weighted by atomic mass is 32.2. The molecule has 60 heavy (non-hydrogen) atoms. The minimum atomic E-state index is -3.83. The molecule has 1 aliphatic heterocycles. The van der Waals surface area contributed by atoms with Crippen molar-refractivity contribution in [1.29, 1.82) is 0 Å². The molecular formula is C54H58N2O2S2. The van der Waals surface area contributed by atoms with Gasteiger partial charge in [-0.05, 0) is 117 Å². The van der Waals surface area contributed by atoms with Gasteiger partial charge in [0.05, 0.1) is 14.7 Å². The predicted octanol–water partition coefficient (Wildman–Crippen LogP) is 15.8. The van der Waals surface area contributed by atoms with Crippen LogP contribution in [0.15, 0.2) is 143 Å². The zero-order chi connectivity index (χ0) is 43.2. The topological polar surface area (TPSA) is 40.6 Å². The lowest BCUT2D eigenvalue weighted by molar-refractivity contribution is 0.590. The molecule has 1 aromatic heterocycles. The Morgan fingerprint density at radius 1 is 0.400 bits per heavy atom. The van der Waals surface area contributed by atoms with E-state index in [4.69, 9.17) is 0 Å². The Balaban J connectivity index is 1.22. The monoisotopic (exact) mass is 830 g/mol. The molecule has 0 spiro atoms. The van der Waals surface area contributed by atoms with Crippen molar-refractivity contribution < 1.29 is 8.42 Å². The van der Waals surface area contributed by atoms with E-state index < -0.39 is 9.84 Å². The lowest BCUT2D eigenvalue weighted by Crippen LogP contribution is -2.14. The fraction of sp³-hybridized carbons (Fsp3) is 0.296. The summed E-state index contributed by atoms with van der Waals surface area (Å²) in [7, 11) is -3.83. The molecular weight excluding hydrogens is 773 g/mol. The van der Waals surface area contributed by atoms with Crippen molar-refractivity contribution in [1.82, 2.24) is 0 Å². The van der Waals surface area contributed by atoms with Crippen LogP contribution in [0.5, 0.6) is 0 Å². The maximum absolute atomic E-state index is 14.8. The van der Waals surface area contributed by atoms with Gasteiger partial charge in [0.25, 0.3) is 0 Å². The highest BCUT2D eigenvalue weighted by molar-refractivity contribution is 7.92. The lowest BCUT2D eigenvalue weighted by atomic mass is 9.86. The largest absolute Gasteiger partial charge is 0.310 e. The fourth-order valence-corrected chi connectivity index (χ4v) is 11.7. The summed E-state index contributed by atoms with van der Waals surface area (Å²) < 4.78 is 30.5. The number of hydrogen-bond donors (Lipinski definition) is 0. The first-order chi connectivity index (χ1) is 28.0. The van der Waals surface area contributed by atoms with Gasteiger partial charge in [-0.1, -0.05) is 144 Å². The molecule has 0 radical (unpaired) electrons. The van der Waals surface area contributed by atoms with Crippen LogP contribution in [0.2, 0.25) is 0 Å². The molecule has 0 amide bonds. The minimum Gasteiger partial charge on any atom is -0.310 e. The van der Waals surface area contributed by atoms with E-state index in [-0.39, 0.29) is 21.7 Å². The van der Waals surface area contributed by atoms with E-state index in [0.29, 0.717) is 9.79 Å². The van der Waals surface area contributed by atoms with Gasteiger partial charge in [0.15, 0.2) is 0 Å². The average molecular weight is 831 g/mol. The van der Waals surface area contributed by atoms with E-state index in [1.165, 1.54) is 22.3 Å². The summed E-state index contributed by atoms with van der Waals surface area (Å²) in [6.45, 7) is 26.7. The van der Waals surface area contributed by atoms with Crippen LogP contribution in [-0.4, -0.2) is 8.42 Å². The number of benzene rings is 6. The Morgan fingerprint density at radius 2 is 0.717 bits per heavy atom. The van der Waals surface area contributed by atoms with Gasteiger partial charge in [-0.15, -0.1) is 11.3 Å². The van der Waals surface area contributed by atoms with Crippen LogP contribution in [0.4, 0.5) is 34.1 Å². The molecule has 2 heterocycles. The molecule has 0 atom stereocenters. The molecule has 0 unspecified atom stereocenters. The summed E-state index contributed by atoms with van der Waals surface area (Å²) in [5.74, 6) is 0. The van der Waals surface area contributed by atoms with Gasteiger partial charge in [0.2, 0.25) is 9.84 Å². The number of hydrogen-bond acceptors (Lipinski definition) is 5. The van der Waals surface area contributed by atoms with Crippen molar-refractivity contribution in [2.45, 2.75) is 115 Å². The standard InChI is InChI=1S/C54H58N2O2S2/c1-51(2,3)35-13-21-39(22-14-35)55(40-23-15-36(16-24-40)52(4,5)6)43-29-31-45-47(33-43)59-49-46-32-30-44(34-48(46)60(57,58)50(45)49)56(41-25-17-37(18-26-41)53(7,8)9)42-27-19-38(20-28-42)54(10,11)12/h13-34H,1-12H3. The molecule has 0 saturated heterocycles. The van der Waals surface area contributed by atoms with E-state index in [1.807, 2.05) is 18.2 Å². The molecule has 1 aliphatic rings. The van der Waals surface area contributed by atoms with Crippen molar-refractivity contribution >= 4 is 65.4 Å². The minimum absolute atomic E-state index is 0.00794. The third kappa shape index (κ3) is 7.58. The number of anilines is 6. The zero-order valence-electron chi connectivity index (χ0n) is 37.2. The average Bonchev–Trinajstić information content (AvgIpc) is 3.67. The highest BCUT2D eigenvalue weighted by Crippen LogP contribution is 2.54. The normalized spacial score (nSPS) is 13.9. The molecule has 8 rings (SSSR count). The molecule has 0 N–H and O–H groups in total. The van der Waals surface area contributed by atoms with E-state index in [2.05, 4.69) is 208 Å². The molecule has 7 aromatic rings. The van der Waals surface area contributed by atoms with Crippen LogP contribution in [-0.2, 0) is 31.5 Å². The second-order valence-electron chi connectivity index (χ2n) is 20.5. The molecule has 0 bridgehead atoms. The van der Waals surface area contributed by atoms with E-state index >= 15 is 0 Å². The molecule has 308 valence electrons. The molecule has 0 saturated carbocycles. The number of nitrogens with zero attached hydrogens (tertiary/aromatic N) is 2. The Kier molecular flexibility index (Phi) is 10.0. The van der Waals surface area contributed by atoms with Crippen molar-refractivity contribution in [2.24, 2.45) is 0 Å². The molecule has 6 heteroatoms. The van der Waals surface area contributed by atoms with Gasteiger partial charge in [-0.3, -0.25) is 0 Å². The summed E-state index contributed by atoms with van der Waals surface area (Å²) >= 11 is 1.56. The molecule has 0 fully saturated rings. The van der Waals surface area contributed by atoms with Gasteiger partial charge < -0.3 is 9.80 Å². The first kappa shape index (κ1) is 41.6. The number of sulfone groups is 1. The molecule has 4 nitrogen and oxygen atoms in total. The third-order valence-electron chi connectivity index (χ3n) is 11.9.